The molecule has 0 amide bonds. The Morgan fingerprint density at radius 2 is 1.93 bits per heavy atom. The van der Waals surface area contributed by atoms with Crippen molar-refractivity contribution in [2.75, 3.05) is 13.2 Å². The summed E-state index contributed by atoms with van der Waals surface area (Å²) in [5.41, 5.74) is 0. The number of carbonyl (C=O) groups is 1. The monoisotopic (exact) mass is 241 g/mol. The van der Waals surface area contributed by atoms with E-state index in [2.05, 4.69) is 5.32 Å². The molecule has 0 aliphatic heterocycles. The highest BCUT2D eigenvalue weighted by molar-refractivity contribution is 7.52. The SMILES string of the molecule is O=C(O)CNC(CCCCO)P(=O)(O)O. The van der Waals surface area contributed by atoms with Crippen LogP contribution in [0.5, 0.6) is 0 Å². The van der Waals surface area contributed by atoms with Crippen LogP contribution in [0.3, 0.4) is 0 Å². The average molecular weight is 241 g/mol. The summed E-state index contributed by atoms with van der Waals surface area (Å²) in [5, 5.41) is 19.1. The highest BCUT2D eigenvalue weighted by Crippen LogP contribution is 2.41. The van der Waals surface area contributed by atoms with E-state index in [1.165, 1.54) is 0 Å². The summed E-state index contributed by atoms with van der Waals surface area (Å²) in [6.45, 7) is -0.540. The standard InChI is InChI=1S/C7H16NO6P/c9-4-2-1-3-6(15(12,13)14)8-5-7(10)11/h6,8-9H,1-5H2,(H,10,11)(H2,12,13,14). The number of carboxylic acid groups (broad SMARTS) is 1. The molecular weight excluding hydrogens is 225 g/mol. The van der Waals surface area contributed by atoms with Crippen molar-refractivity contribution in [1.82, 2.24) is 5.32 Å². The van der Waals surface area contributed by atoms with E-state index in [0.717, 1.165) is 0 Å². The first-order valence-corrected chi connectivity index (χ1v) is 6.17. The summed E-state index contributed by atoms with van der Waals surface area (Å²) in [6, 6.07) is 0. The second-order valence-electron chi connectivity index (χ2n) is 3.10. The van der Waals surface area contributed by atoms with Crippen LogP contribution in [0.15, 0.2) is 0 Å². The maximum atomic E-state index is 10.9. The number of hydrogen-bond acceptors (Lipinski definition) is 4. The first-order valence-electron chi connectivity index (χ1n) is 4.49. The quantitative estimate of drug-likeness (QED) is 0.281. The Morgan fingerprint density at radius 3 is 2.33 bits per heavy atom. The lowest BCUT2D eigenvalue weighted by Gasteiger charge is -2.18. The van der Waals surface area contributed by atoms with Gasteiger partial charge in [0.15, 0.2) is 0 Å². The number of unbranched alkanes of at least 4 members (excludes halogenated alkanes) is 1. The fourth-order valence-corrected chi connectivity index (χ4v) is 1.89. The molecule has 1 unspecified atom stereocenters. The smallest absolute Gasteiger partial charge is 0.342 e. The van der Waals surface area contributed by atoms with E-state index in [-0.39, 0.29) is 13.0 Å². The number of aliphatic hydroxyl groups excluding tert-OH is 1. The van der Waals surface area contributed by atoms with Gasteiger partial charge in [-0.1, -0.05) is 0 Å². The van der Waals surface area contributed by atoms with Crippen molar-refractivity contribution < 1.29 is 29.4 Å². The second kappa shape index (κ2) is 6.92. The molecule has 0 radical (unpaired) electrons. The third-order valence-electron chi connectivity index (χ3n) is 1.78. The molecule has 0 rings (SSSR count). The number of rotatable bonds is 8. The van der Waals surface area contributed by atoms with Crippen LogP contribution >= 0.6 is 7.60 Å². The van der Waals surface area contributed by atoms with Crippen LogP contribution in [0.25, 0.3) is 0 Å². The lowest BCUT2D eigenvalue weighted by atomic mass is 10.2. The molecule has 0 aromatic heterocycles. The van der Waals surface area contributed by atoms with E-state index in [1.807, 2.05) is 0 Å². The van der Waals surface area contributed by atoms with Crippen molar-refractivity contribution in [3.05, 3.63) is 0 Å². The maximum absolute atomic E-state index is 10.9. The molecule has 0 aliphatic carbocycles. The minimum atomic E-state index is -4.33. The van der Waals surface area contributed by atoms with Gasteiger partial charge in [0.2, 0.25) is 0 Å². The zero-order valence-corrected chi connectivity index (χ0v) is 9.06. The van der Waals surface area contributed by atoms with Crippen molar-refractivity contribution >= 4 is 13.6 Å². The van der Waals surface area contributed by atoms with Gasteiger partial charge in [0.25, 0.3) is 0 Å². The van der Waals surface area contributed by atoms with Gasteiger partial charge >= 0.3 is 13.6 Å². The highest BCUT2D eigenvalue weighted by atomic mass is 31.2. The van der Waals surface area contributed by atoms with Crippen molar-refractivity contribution in [2.45, 2.75) is 25.0 Å². The van der Waals surface area contributed by atoms with Crippen molar-refractivity contribution in [3.8, 4) is 0 Å². The fourth-order valence-electron chi connectivity index (χ4n) is 1.04. The minimum absolute atomic E-state index is 0.0488. The second-order valence-corrected chi connectivity index (χ2v) is 4.90. The van der Waals surface area contributed by atoms with Gasteiger partial charge in [0.05, 0.1) is 6.54 Å². The Balaban J connectivity index is 4.08. The zero-order chi connectivity index (χ0) is 11.9. The number of aliphatic carboxylic acids is 1. The van der Waals surface area contributed by atoms with Gasteiger partial charge in [-0.3, -0.25) is 14.7 Å². The van der Waals surface area contributed by atoms with E-state index in [4.69, 9.17) is 20.0 Å². The molecule has 90 valence electrons. The Labute approximate surface area is 87.3 Å². The van der Waals surface area contributed by atoms with E-state index in [1.54, 1.807) is 0 Å². The molecule has 0 spiro atoms. The van der Waals surface area contributed by atoms with Crippen molar-refractivity contribution in [2.24, 2.45) is 0 Å². The predicted molar refractivity (Wildman–Crippen MR) is 52.4 cm³/mol. The van der Waals surface area contributed by atoms with E-state index < -0.39 is 25.9 Å². The molecule has 0 heterocycles. The number of aliphatic hydroxyl groups is 1. The predicted octanol–water partition coefficient (Wildman–Crippen LogP) is -0.673. The van der Waals surface area contributed by atoms with E-state index in [0.29, 0.717) is 12.8 Å². The van der Waals surface area contributed by atoms with Gasteiger partial charge in [-0.2, -0.15) is 0 Å². The molecule has 5 N–H and O–H groups in total. The van der Waals surface area contributed by atoms with Gasteiger partial charge in [-0.05, 0) is 19.3 Å². The first kappa shape index (κ1) is 14.5. The maximum Gasteiger partial charge on any atom is 0.342 e. The first-order chi connectivity index (χ1) is 6.88. The Kier molecular flexibility index (Phi) is 6.71. The largest absolute Gasteiger partial charge is 0.480 e. The highest BCUT2D eigenvalue weighted by Gasteiger charge is 2.27. The normalized spacial score (nSPS) is 13.8. The molecule has 0 bridgehead atoms. The van der Waals surface area contributed by atoms with Crippen molar-refractivity contribution in [3.63, 3.8) is 0 Å². The molecule has 0 saturated carbocycles. The molecule has 0 saturated heterocycles. The van der Waals surface area contributed by atoms with Crippen LogP contribution in [-0.2, 0) is 9.36 Å². The third-order valence-corrected chi connectivity index (χ3v) is 3.03. The number of nitrogens with one attached hydrogen (secondary N) is 1. The fraction of sp³-hybridized carbons (Fsp3) is 0.857. The molecule has 8 heteroatoms. The topological polar surface area (TPSA) is 127 Å². The number of hydrogen-bond donors (Lipinski definition) is 5. The molecule has 0 aromatic rings. The molecule has 15 heavy (non-hydrogen) atoms. The summed E-state index contributed by atoms with van der Waals surface area (Å²) in [7, 11) is -4.33. The summed E-state index contributed by atoms with van der Waals surface area (Å²) >= 11 is 0. The molecule has 0 aromatic carbocycles. The Bertz CT molecular complexity index is 240. The van der Waals surface area contributed by atoms with Crippen LogP contribution < -0.4 is 5.32 Å². The van der Waals surface area contributed by atoms with Gasteiger partial charge in [-0.25, -0.2) is 0 Å². The third kappa shape index (κ3) is 7.47. The molecular formula is C7H16NO6P. The zero-order valence-electron chi connectivity index (χ0n) is 8.17. The lowest BCUT2D eigenvalue weighted by Crippen LogP contribution is -2.33. The van der Waals surface area contributed by atoms with Crippen molar-refractivity contribution in [1.29, 1.82) is 0 Å². The van der Waals surface area contributed by atoms with Gasteiger partial charge in [0, 0.05) is 6.61 Å². The molecule has 0 fully saturated rings. The van der Waals surface area contributed by atoms with Crippen LogP contribution in [0.1, 0.15) is 19.3 Å². The summed E-state index contributed by atoms with van der Waals surface area (Å²) < 4.78 is 10.9. The van der Waals surface area contributed by atoms with Crippen LogP contribution in [0.4, 0.5) is 0 Å². The summed E-state index contributed by atoms with van der Waals surface area (Å²) in [6.07, 6.45) is 1.00. The van der Waals surface area contributed by atoms with E-state index in [9.17, 15) is 9.36 Å². The molecule has 1 atom stereocenters. The summed E-state index contributed by atoms with van der Waals surface area (Å²) in [5.74, 6) is -2.32. The van der Waals surface area contributed by atoms with Gasteiger partial charge in [-0.15, -0.1) is 0 Å². The van der Waals surface area contributed by atoms with Gasteiger partial charge < -0.3 is 20.0 Å². The molecule has 7 nitrogen and oxygen atoms in total. The Hall–Kier alpha value is -0.460. The number of carboxylic acids is 1. The minimum Gasteiger partial charge on any atom is -0.480 e. The Morgan fingerprint density at radius 1 is 1.33 bits per heavy atom. The van der Waals surface area contributed by atoms with Crippen LogP contribution in [0.2, 0.25) is 0 Å². The average Bonchev–Trinajstić information content (AvgIpc) is 2.08. The van der Waals surface area contributed by atoms with Crippen LogP contribution in [-0.4, -0.2) is 44.9 Å². The summed E-state index contributed by atoms with van der Waals surface area (Å²) in [4.78, 5) is 28.0. The lowest BCUT2D eigenvalue weighted by molar-refractivity contribution is -0.136. The van der Waals surface area contributed by atoms with Crippen LogP contribution in [0, 0.1) is 0 Å². The van der Waals surface area contributed by atoms with Gasteiger partial charge in [0.1, 0.15) is 5.78 Å². The molecule has 0 aliphatic rings. The van der Waals surface area contributed by atoms with E-state index >= 15 is 0 Å².